The zero-order chi connectivity index (χ0) is 22.3. The van der Waals surface area contributed by atoms with Gasteiger partial charge in [-0.1, -0.05) is 29.3 Å². The van der Waals surface area contributed by atoms with Crippen molar-refractivity contribution < 1.29 is 26.3 Å². The number of aryl methyl sites for hydroxylation is 1. The van der Waals surface area contributed by atoms with Crippen molar-refractivity contribution in [2.75, 3.05) is 6.54 Å². The van der Waals surface area contributed by atoms with Crippen LogP contribution in [-0.4, -0.2) is 11.5 Å². The van der Waals surface area contributed by atoms with E-state index in [0.717, 1.165) is 0 Å². The number of aromatic amines is 1. The number of hydrogen-bond acceptors (Lipinski definition) is 1. The molecule has 0 saturated heterocycles. The molecule has 3 N–H and O–H groups in total. The Morgan fingerprint density at radius 2 is 1.53 bits per heavy atom. The van der Waals surface area contributed by atoms with E-state index >= 15 is 0 Å². The fourth-order valence-electron chi connectivity index (χ4n) is 3.43. The van der Waals surface area contributed by atoms with Gasteiger partial charge in [0.2, 0.25) is 0 Å². The molecular weight excluding hydrogens is 453 g/mol. The van der Waals surface area contributed by atoms with Crippen molar-refractivity contribution in [1.82, 2.24) is 4.98 Å². The average Bonchev–Trinajstić information content (AvgIpc) is 2.97. The summed E-state index contributed by atoms with van der Waals surface area (Å²) in [5.41, 5.74) is 3.06. The topological polar surface area (TPSA) is 41.8 Å². The van der Waals surface area contributed by atoms with Crippen LogP contribution in [0.4, 0.5) is 26.3 Å². The summed E-state index contributed by atoms with van der Waals surface area (Å²) >= 11 is 12.5. The van der Waals surface area contributed by atoms with E-state index in [0.29, 0.717) is 25.5 Å². The minimum absolute atomic E-state index is 0.139. The number of benzene rings is 2. The second-order valence-electron chi connectivity index (χ2n) is 6.76. The molecule has 1 aromatic heterocycles. The Bertz CT molecular complexity index is 1050. The van der Waals surface area contributed by atoms with Crippen molar-refractivity contribution in [1.29, 1.82) is 0 Å². The molecule has 2 nitrogen and oxygen atoms in total. The number of nitrogens with two attached hydrogens (primary N) is 1. The predicted molar refractivity (Wildman–Crippen MR) is 106 cm³/mol. The number of nitrogens with one attached hydrogen (secondary N) is 1. The molecule has 0 saturated carbocycles. The molecular formula is C20H16Cl2F6N2. The lowest BCUT2D eigenvalue weighted by atomic mass is 9.96. The third-order valence-electron chi connectivity index (χ3n) is 4.73. The molecule has 0 bridgehead atoms. The minimum Gasteiger partial charge on any atom is -0.354 e. The average molecular weight is 469 g/mol. The first-order valence-corrected chi connectivity index (χ1v) is 9.68. The van der Waals surface area contributed by atoms with Gasteiger partial charge in [-0.15, -0.1) is 0 Å². The maximum atomic E-state index is 13.8. The van der Waals surface area contributed by atoms with Crippen LogP contribution in [0, 0.1) is 0 Å². The third-order valence-corrected chi connectivity index (χ3v) is 5.36. The lowest BCUT2D eigenvalue weighted by Crippen LogP contribution is -2.11. The SMILES string of the molecule is NCCCCc1c(-c2c(Cl)cccc2Cl)[nH]c2cc(C(F)(F)F)cc(C(F)(F)F)c12. The van der Waals surface area contributed by atoms with E-state index in [2.05, 4.69) is 4.98 Å². The maximum absolute atomic E-state index is 13.8. The Kier molecular flexibility index (Phi) is 6.32. The van der Waals surface area contributed by atoms with Crippen LogP contribution >= 0.6 is 23.2 Å². The van der Waals surface area contributed by atoms with Crippen molar-refractivity contribution in [3.8, 4) is 11.3 Å². The molecule has 0 radical (unpaired) electrons. The Hall–Kier alpha value is -1.90. The first-order chi connectivity index (χ1) is 13.9. The highest BCUT2D eigenvalue weighted by Gasteiger charge is 2.39. The summed E-state index contributed by atoms with van der Waals surface area (Å²) in [7, 11) is 0. The summed E-state index contributed by atoms with van der Waals surface area (Å²) in [4.78, 5) is 2.71. The summed E-state index contributed by atoms with van der Waals surface area (Å²) in [5, 5.41) is 0.0102. The minimum atomic E-state index is -4.99. The summed E-state index contributed by atoms with van der Waals surface area (Å²) in [6.07, 6.45) is -8.81. The van der Waals surface area contributed by atoms with Crippen molar-refractivity contribution in [2.45, 2.75) is 31.6 Å². The van der Waals surface area contributed by atoms with Gasteiger partial charge in [0.1, 0.15) is 0 Å². The van der Waals surface area contributed by atoms with Crippen molar-refractivity contribution >= 4 is 34.1 Å². The Morgan fingerprint density at radius 1 is 0.900 bits per heavy atom. The first kappa shape index (κ1) is 22.8. The largest absolute Gasteiger partial charge is 0.417 e. The molecule has 0 aliphatic heterocycles. The van der Waals surface area contributed by atoms with Gasteiger partial charge in [0.25, 0.3) is 0 Å². The van der Waals surface area contributed by atoms with Crippen LogP contribution in [0.15, 0.2) is 30.3 Å². The van der Waals surface area contributed by atoms with Crippen LogP contribution in [0.5, 0.6) is 0 Å². The van der Waals surface area contributed by atoms with Crippen LogP contribution in [-0.2, 0) is 18.8 Å². The van der Waals surface area contributed by atoms with Gasteiger partial charge in [0, 0.05) is 16.5 Å². The van der Waals surface area contributed by atoms with Crippen LogP contribution in [0.25, 0.3) is 22.2 Å². The standard InChI is InChI=1S/C20H16Cl2F6N2/c21-13-5-3-6-14(22)17(13)18-11(4-1-2-7-29)16-12(20(26,27)28)8-10(19(23,24)25)9-15(16)30-18/h3,5-6,8-9,30H,1-2,4,7,29H2. The highest BCUT2D eigenvalue weighted by molar-refractivity contribution is 6.39. The number of rotatable bonds is 5. The van der Waals surface area contributed by atoms with Gasteiger partial charge >= 0.3 is 12.4 Å². The number of unbranched alkanes of at least 4 members (excludes halogenated alkanes) is 1. The van der Waals surface area contributed by atoms with Crippen LogP contribution < -0.4 is 5.73 Å². The van der Waals surface area contributed by atoms with E-state index in [1.54, 1.807) is 6.07 Å². The van der Waals surface area contributed by atoms with E-state index in [1.807, 2.05) is 0 Å². The molecule has 3 rings (SSSR count). The highest BCUT2D eigenvalue weighted by Crippen LogP contribution is 2.45. The van der Waals surface area contributed by atoms with Crippen LogP contribution in [0.1, 0.15) is 29.5 Å². The molecule has 0 unspecified atom stereocenters. The number of fused-ring (bicyclic) bond motifs is 1. The smallest absolute Gasteiger partial charge is 0.354 e. The Morgan fingerprint density at radius 3 is 2.07 bits per heavy atom. The van der Waals surface area contributed by atoms with E-state index in [-0.39, 0.29) is 50.3 Å². The van der Waals surface area contributed by atoms with Crippen molar-refractivity contribution in [2.24, 2.45) is 5.73 Å². The molecule has 3 aromatic rings. The second kappa shape index (κ2) is 8.32. The highest BCUT2D eigenvalue weighted by atomic mass is 35.5. The molecule has 0 atom stereocenters. The maximum Gasteiger partial charge on any atom is 0.417 e. The van der Waals surface area contributed by atoms with E-state index in [4.69, 9.17) is 28.9 Å². The lowest BCUT2D eigenvalue weighted by molar-refractivity contribution is -0.142. The van der Waals surface area contributed by atoms with Gasteiger partial charge in [-0.3, -0.25) is 0 Å². The monoisotopic (exact) mass is 468 g/mol. The van der Waals surface area contributed by atoms with E-state index in [1.165, 1.54) is 12.1 Å². The van der Waals surface area contributed by atoms with Gasteiger partial charge in [0.05, 0.1) is 26.9 Å². The van der Waals surface area contributed by atoms with Gasteiger partial charge < -0.3 is 10.7 Å². The van der Waals surface area contributed by atoms with Gasteiger partial charge in [0.15, 0.2) is 0 Å². The van der Waals surface area contributed by atoms with Crippen molar-refractivity contribution in [3.63, 3.8) is 0 Å². The predicted octanol–water partition coefficient (Wildman–Crippen LogP) is 7.46. The summed E-state index contributed by atoms with van der Waals surface area (Å²) in [5.74, 6) is 0. The van der Waals surface area contributed by atoms with Gasteiger partial charge in [-0.2, -0.15) is 26.3 Å². The fourth-order valence-corrected chi connectivity index (χ4v) is 4.02. The molecule has 1 heterocycles. The molecule has 2 aromatic carbocycles. The molecule has 0 spiro atoms. The summed E-state index contributed by atoms with van der Waals surface area (Å²) in [6.45, 7) is 0.328. The molecule has 0 fully saturated rings. The van der Waals surface area contributed by atoms with E-state index < -0.39 is 23.5 Å². The van der Waals surface area contributed by atoms with E-state index in [9.17, 15) is 26.3 Å². The number of alkyl halides is 6. The first-order valence-electron chi connectivity index (χ1n) is 8.92. The summed E-state index contributed by atoms with van der Waals surface area (Å²) < 4.78 is 81.1. The number of hydrogen-bond donors (Lipinski definition) is 2. The third kappa shape index (κ3) is 4.40. The Labute approximate surface area is 178 Å². The number of H-pyrrole nitrogens is 1. The number of aromatic nitrogens is 1. The fraction of sp³-hybridized carbons (Fsp3) is 0.300. The molecule has 162 valence electrons. The van der Waals surface area contributed by atoms with Crippen LogP contribution in [0.2, 0.25) is 10.0 Å². The van der Waals surface area contributed by atoms with Gasteiger partial charge in [-0.25, -0.2) is 0 Å². The molecule has 0 aliphatic rings. The lowest BCUT2D eigenvalue weighted by Gasteiger charge is -2.14. The zero-order valence-electron chi connectivity index (χ0n) is 15.3. The van der Waals surface area contributed by atoms with Crippen LogP contribution in [0.3, 0.4) is 0 Å². The zero-order valence-corrected chi connectivity index (χ0v) is 16.8. The quantitative estimate of drug-likeness (QED) is 0.296. The molecule has 0 amide bonds. The molecule has 10 heteroatoms. The molecule has 30 heavy (non-hydrogen) atoms. The molecule has 0 aliphatic carbocycles. The summed E-state index contributed by atoms with van der Waals surface area (Å²) in [6, 6.07) is 5.38. The number of halogens is 8. The van der Waals surface area contributed by atoms with Crippen molar-refractivity contribution in [3.05, 3.63) is 57.1 Å². The Balaban J connectivity index is 2.40. The normalized spacial score (nSPS) is 12.7. The van der Waals surface area contributed by atoms with Gasteiger partial charge in [-0.05, 0) is 55.6 Å². The second-order valence-corrected chi connectivity index (χ2v) is 7.58.